The van der Waals surface area contributed by atoms with Crippen molar-refractivity contribution in [2.24, 2.45) is 0 Å². The fourth-order valence-corrected chi connectivity index (χ4v) is 1.66. The van der Waals surface area contributed by atoms with E-state index < -0.39 is 11.9 Å². The first kappa shape index (κ1) is 13.4. The van der Waals surface area contributed by atoms with Crippen LogP contribution in [0.3, 0.4) is 0 Å². The van der Waals surface area contributed by atoms with Gasteiger partial charge in [0.25, 0.3) is 5.91 Å². The van der Waals surface area contributed by atoms with Crippen LogP contribution in [0.1, 0.15) is 37.2 Å². The van der Waals surface area contributed by atoms with Crippen LogP contribution >= 0.6 is 0 Å². The van der Waals surface area contributed by atoms with Gasteiger partial charge in [0.2, 0.25) is 5.91 Å². The molecule has 2 amide bonds. The van der Waals surface area contributed by atoms with Crippen molar-refractivity contribution < 1.29 is 9.59 Å². The van der Waals surface area contributed by atoms with E-state index in [1.54, 1.807) is 17.8 Å². The number of anilines is 1. The van der Waals surface area contributed by atoms with Crippen LogP contribution in [0, 0.1) is 0 Å². The lowest BCUT2D eigenvalue weighted by Gasteiger charge is -2.13. The first-order valence-electron chi connectivity index (χ1n) is 6.45. The average Bonchev–Trinajstić information content (AvgIpc) is 3.09. The molecule has 1 aromatic heterocycles. The zero-order valence-corrected chi connectivity index (χ0v) is 11.1. The van der Waals surface area contributed by atoms with Crippen molar-refractivity contribution in [2.75, 3.05) is 5.73 Å². The van der Waals surface area contributed by atoms with E-state index in [2.05, 4.69) is 15.7 Å². The molecule has 1 aliphatic carbocycles. The third-order valence-electron chi connectivity index (χ3n) is 2.99. The predicted octanol–water partition coefficient (Wildman–Crippen LogP) is -0.118. The second kappa shape index (κ2) is 5.29. The van der Waals surface area contributed by atoms with Gasteiger partial charge in [-0.3, -0.25) is 14.3 Å². The minimum Gasteiger partial charge on any atom is -0.396 e. The Morgan fingerprint density at radius 2 is 2.26 bits per heavy atom. The maximum absolute atomic E-state index is 12.0. The van der Waals surface area contributed by atoms with E-state index in [-0.39, 0.29) is 17.6 Å². The summed E-state index contributed by atoms with van der Waals surface area (Å²) in [6.45, 7) is 4.18. The number of hydrogen-bond donors (Lipinski definition) is 3. The highest BCUT2D eigenvalue weighted by atomic mass is 16.2. The molecule has 0 aliphatic heterocycles. The number of rotatable bonds is 5. The van der Waals surface area contributed by atoms with Crippen LogP contribution in [0.15, 0.2) is 6.20 Å². The number of amides is 2. The quantitative estimate of drug-likeness (QED) is 0.690. The van der Waals surface area contributed by atoms with Gasteiger partial charge in [0, 0.05) is 18.8 Å². The molecule has 7 heteroatoms. The maximum Gasteiger partial charge on any atom is 0.274 e. The summed E-state index contributed by atoms with van der Waals surface area (Å²) in [5, 5.41) is 9.49. The topological polar surface area (TPSA) is 102 Å². The zero-order chi connectivity index (χ0) is 14.0. The van der Waals surface area contributed by atoms with Crippen LogP contribution in [0.2, 0.25) is 0 Å². The number of nitrogen functional groups attached to an aromatic ring is 1. The molecule has 1 heterocycles. The summed E-state index contributed by atoms with van der Waals surface area (Å²) < 4.78 is 1.58. The summed E-state index contributed by atoms with van der Waals surface area (Å²) in [5.41, 5.74) is 6.19. The minimum atomic E-state index is -0.598. The summed E-state index contributed by atoms with van der Waals surface area (Å²) in [6.07, 6.45) is 3.63. The molecule has 0 spiro atoms. The Hall–Kier alpha value is -2.05. The highest BCUT2D eigenvalue weighted by Crippen LogP contribution is 2.18. The van der Waals surface area contributed by atoms with Crippen molar-refractivity contribution in [1.29, 1.82) is 0 Å². The van der Waals surface area contributed by atoms with E-state index in [9.17, 15) is 9.59 Å². The molecule has 1 aromatic rings. The first-order chi connectivity index (χ1) is 9.01. The molecule has 7 nitrogen and oxygen atoms in total. The molecule has 19 heavy (non-hydrogen) atoms. The van der Waals surface area contributed by atoms with E-state index in [1.807, 2.05) is 6.92 Å². The number of nitrogens with zero attached hydrogens (tertiary/aromatic N) is 2. The Bertz CT molecular complexity index is 492. The van der Waals surface area contributed by atoms with Crippen LogP contribution in [-0.2, 0) is 11.3 Å². The summed E-state index contributed by atoms with van der Waals surface area (Å²) in [4.78, 5) is 23.7. The normalized spacial score (nSPS) is 15.9. The molecule has 1 fully saturated rings. The van der Waals surface area contributed by atoms with Crippen molar-refractivity contribution in [1.82, 2.24) is 20.4 Å². The van der Waals surface area contributed by atoms with Gasteiger partial charge >= 0.3 is 0 Å². The second-order valence-electron chi connectivity index (χ2n) is 4.77. The lowest BCUT2D eigenvalue weighted by Crippen LogP contribution is -2.45. The maximum atomic E-state index is 12.0. The summed E-state index contributed by atoms with van der Waals surface area (Å²) in [7, 11) is 0. The Kier molecular flexibility index (Phi) is 3.73. The van der Waals surface area contributed by atoms with E-state index in [0.717, 1.165) is 12.8 Å². The van der Waals surface area contributed by atoms with Crippen molar-refractivity contribution in [2.45, 2.75) is 45.3 Å². The number of nitrogens with one attached hydrogen (secondary N) is 2. The van der Waals surface area contributed by atoms with Crippen LogP contribution < -0.4 is 16.4 Å². The highest BCUT2D eigenvalue weighted by molar-refractivity contribution is 5.99. The van der Waals surface area contributed by atoms with Crippen molar-refractivity contribution in [3.05, 3.63) is 11.9 Å². The number of aryl methyl sites for hydroxylation is 1. The summed E-state index contributed by atoms with van der Waals surface area (Å²) >= 11 is 0. The molecule has 1 aliphatic rings. The average molecular weight is 265 g/mol. The highest BCUT2D eigenvalue weighted by Gasteiger charge is 2.27. The Labute approximate surface area is 111 Å². The number of nitrogens with two attached hydrogens (primary N) is 1. The molecule has 1 atom stereocenters. The van der Waals surface area contributed by atoms with Crippen LogP contribution in [-0.4, -0.2) is 33.7 Å². The van der Waals surface area contributed by atoms with Crippen LogP contribution in [0.25, 0.3) is 0 Å². The Morgan fingerprint density at radius 1 is 1.58 bits per heavy atom. The van der Waals surface area contributed by atoms with E-state index in [4.69, 9.17) is 5.73 Å². The fraction of sp³-hybridized carbons (Fsp3) is 0.583. The van der Waals surface area contributed by atoms with Gasteiger partial charge < -0.3 is 16.4 Å². The second-order valence-corrected chi connectivity index (χ2v) is 4.77. The van der Waals surface area contributed by atoms with Gasteiger partial charge in [-0.15, -0.1) is 0 Å². The van der Waals surface area contributed by atoms with Gasteiger partial charge in [0.15, 0.2) is 5.69 Å². The molecule has 2 rings (SSSR count). The molecule has 0 saturated heterocycles. The molecular weight excluding hydrogens is 246 g/mol. The lowest BCUT2D eigenvalue weighted by molar-refractivity contribution is -0.122. The molecule has 1 unspecified atom stereocenters. The number of aromatic nitrogens is 2. The predicted molar refractivity (Wildman–Crippen MR) is 70.4 cm³/mol. The van der Waals surface area contributed by atoms with Gasteiger partial charge in [0.05, 0.1) is 5.69 Å². The summed E-state index contributed by atoms with van der Waals surface area (Å²) in [6, 6.07) is -0.324. The van der Waals surface area contributed by atoms with Gasteiger partial charge in [-0.2, -0.15) is 5.10 Å². The molecule has 0 bridgehead atoms. The zero-order valence-electron chi connectivity index (χ0n) is 11.1. The molecular formula is C12H19N5O2. The Morgan fingerprint density at radius 3 is 2.79 bits per heavy atom. The standard InChI is InChI=1S/C12H19N5O2/c1-3-17-6-9(13)10(16-17)12(19)14-7(2)11(18)15-8-4-5-8/h6-8H,3-5,13H2,1-2H3,(H,14,19)(H,15,18). The lowest BCUT2D eigenvalue weighted by atomic mass is 10.2. The van der Waals surface area contributed by atoms with Gasteiger partial charge in [-0.1, -0.05) is 0 Å². The van der Waals surface area contributed by atoms with Crippen LogP contribution in [0.5, 0.6) is 0 Å². The number of carbonyl (C=O) groups is 2. The molecule has 4 N–H and O–H groups in total. The molecule has 104 valence electrons. The SMILES string of the molecule is CCn1cc(N)c(C(=O)NC(C)C(=O)NC2CC2)n1. The molecule has 1 saturated carbocycles. The van der Waals surface area contributed by atoms with Gasteiger partial charge in [-0.05, 0) is 26.7 Å². The largest absolute Gasteiger partial charge is 0.396 e. The van der Waals surface area contributed by atoms with Crippen molar-refractivity contribution in [3.8, 4) is 0 Å². The van der Waals surface area contributed by atoms with Crippen molar-refractivity contribution >= 4 is 17.5 Å². The van der Waals surface area contributed by atoms with Crippen LogP contribution in [0.4, 0.5) is 5.69 Å². The van der Waals surface area contributed by atoms with Gasteiger partial charge in [0.1, 0.15) is 6.04 Å². The molecule has 0 aromatic carbocycles. The smallest absolute Gasteiger partial charge is 0.274 e. The van der Waals surface area contributed by atoms with Crippen molar-refractivity contribution in [3.63, 3.8) is 0 Å². The minimum absolute atomic E-state index is 0.160. The number of carbonyl (C=O) groups excluding carboxylic acids is 2. The monoisotopic (exact) mass is 265 g/mol. The van der Waals surface area contributed by atoms with E-state index >= 15 is 0 Å². The third kappa shape index (κ3) is 3.24. The summed E-state index contributed by atoms with van der Waals surface area (Å²) in [5.74, 6) is -0.604. The van der Waals surface area contributed by atoms with Gasteiger partial charge in [-0.25, -0.2) is 0 Å². The van der Waals surface area contributed by atoms with E-state index in [0.29, 0.717) is 12.2 Å². The third-order valence-corrected chi connectivity index (χ3v) is 2.99. The molecule has 0 radical (unpaired) electrons. The van der Waals surface area contributed by atoms with E-state index in [1.165, 1.54) is 0 Å². The fourth-order valence-electron chi connectivity index (χ4n) is 1.66. The number of hydrogen-bond acceptors (Lipinski definition) is 4. The Balaban J connectivity index is 1.95. The first-order valence-corrected chi connectivity index (χ1v) is 6.45.